The maximum Gasteiger partial charge on any atom is 0.435 e. The van der Waals surface area contributed by atoms with Gasteiger partial charge in [-0.05, 0) is 37.1 Å². The molecule has 0 saturated carbocycles. The van der Waals surface area contributed by atoms with E-state index in [-0.39, 0.29) is 12.2 Å². The van der Waals surface area contributed by atoms with Crippen molar-refractivity contribution in [1.82, 2.24) is 20.1 Å². The summed E-state index contributed by atoms with van der Waals surface area (Å²) in [6, 6.07) is 8.17. The standard InChI is InChI=1S/C22H22ClF3N6O2/c1-34-18-10-15(12-27-20(18)31-7-2-3-8-31)29-21(33)28-13-17-11-19(22(24,25)26)30-32(17)16-6-4-5-14(23)9-16/h4-6,9-12H,2-3,7-8,13H2,1H3,(H2,28,29,33). The van der Waals surface area contributed by atoms with Gasteiger partial charge in [0.1, 0.15) is 0 Å². The van der Waals surface area contributed by atoms with Crippen LogP contribution in [0.3, 0.4) is 0 Å². The van der Waals surface area contributed by atoms with E-state index in [2.05, 4.69) is 25.6 Å². The molecule has 2 aromatic heterocycles. The highest BCUT2D eigenvalue weighted by Gasteiger charge is 2.35. The number of aromatic nitrogens is 3. The van der Waals surface area contributed by atoms with Gasteiger partial charge in [-0.15, -0.1) is 0 Å². The number of benzene rings is 1. The quantitative estimate of drug-likeness (QED) is 0.511. The second-order valence-electron chi connectivity index (χ2n) is 7.66. The van der Waals surface area contributed by atoms with Gasteiger partial charge < -0.3 is 20.3 Å². The number of halogens is 4. The van der Waals surface area contributed by atoms with E-state index in [4.69, 9.17) is 16.3 Å². The van der Waals surface area contributed by atoms with Crippen molar-refractivity contribution >= 4 is 29.1 Å². The molecule has 1 aromatic carbocycles. The van der Waals surface area contributed by atoms with Gasteiger partial charge in [-0.3, -0.25) is 0 Å². The van der Waals surface area contributed by atoms with Crippen molar-refractivity contribution in [3.8, 4) is 11.4 Å². The molecule has 180 valence electrons. The lowest BCUT2D eigenvalue weighted by Crippen LogP contribution is -2.29. The molecule has 34 heavy (non-hydrogen) atoms. The van der Waals surface area contributed by atoms with E-state index in [1.54, 1.807) is 24.3 Å². The number of rotatable bonds is 6. The van der Waals surface area contributed by atoms with Gasteiger partial charge in [0, 0.05) is 24.2 Å². The number of amides is 2. The number of carbonyl (C=O) groups is 1. The number of hydrogen-bond donors (Lipinski definition) is 2. The van der Waals surface area contributed by atoms with E-state index in [1.807, 2.05) is 0 Å². The first-order chi connectivity index (χ1) is 16.2. The fourth-order valence-corrected chi connectivity index (χ4v) is 3.87. The monoisotopic (exact) mass is 494 g/mol. The van der Waals surface area contributed by atoms with E-state index in [1.165, 1.54) is 19.4 Å². The number of urea groups is 1. The molecule has 2 N–H and O–H groups in total. The number of pyridine rings is 1. The lowest BCUT2D eigenvalue weighted by atomic mass is 10.3. The zero-order chi connectivity index (χ0) is 24.3. The lowest BCUT2D eigenvalue weighted by molar-refractivity contribution is -0.141. The summed E-state index contributed by atoms with van der Waals surface area (Å²) >= 11 is 5.98. The molecular formula is C22H22ClF3N6O2. The molecule has 0 aliphatic carbocycles. The van der Waals surface area contributed by atoms with Crippen LogP contribution in [0.5, 0.6) is 5.75 Å². The smallest absolute Gasteiger partial charge is 0.435 e. The number of alkyl halides is 3. The highest BCUT2D eigenvalue weighted by Crippen LogP contribution is 2.31. The Morgan fingerprint density at radius 1 is 1.21 bits per heavy atom. The van der Waals surface area contributed by atoms with Crippen LogP contribution in [-0.2, 0) is 12.7 Å². The molecule has 3 heterocycles. The summed E-state index contributed by atoms with van der Waals surface area (Å²) in [7, 11) is 1.52. The van der Waals surface area contributed by atoms with Crippen LogP contribution in [0.1, 0.15) is 24.2 Å². The lowest BCUT2D eigenvalue weighted by Gasteiger charge is -2.19. The minimum absolute atomic E-state index is 0.129. The predicted molar refractivity (Wildman–Crippen MR) is 122 cm³/mol. The molecule has 0 atom stereocenters. The van der Waals surface area contributed by atoms with Gasteiger partial charge in [0.15, 0.2) is 17.3 Å². The highest BCUT2D eigenvalue weighted by atomic mass is 35.5. The van der Waals surface area contributed by atoms with Gasteiger partial charge in [-0.1, -0.05) is 17.7 Å². The minimum Gasteiger partial charge on any atom is -0.493 e. The number of nitrogens with zero attached hydrogens (tertiary/aromatic N) is 4. The predicted octanol–water partition coefficient (Wildman–Crippen LogP) is 4.87. The van der Waals surface area contributed by atoms with Crippen molar-refractivity contribution in [3.05, 3.63) is 59.0 Å². The van der Waals surface area contributed by atoms with Gasteiger partial charge >= 0.3 is 12.2 Å². The molecule has 0 bridgehead atoms. The SMILES string of the molecule is COc1cc(NC(=O)NCc2cc(C(F)(F)F)nn2-c2cccc(Cl)c2)cnc1N1CCCC1. The van der Waals surface area contributed by atoms with E-state index in [9.17, 15) is 18.0 Å². The normalized spacial score (nSPS) is 13.7. The molecule has 1 fully saturated rings. The van der Waals surface area contributed by atoms with Gasteiger partial charge in [0.05, 0.1) is 36.9 Å². The number of methoxy groups -OCH3 is 1. The topological polar surface area (TPSA) is 84.3 Å². The average Bonchev–Trinajstić information content (AvgIpc) is 3.48. The molecule has 3 aromatic rings. The Morgan fingerprint density at radius 2 is 1.97 bits per heavy atom. The molecule has 4 rings (SSSR count). The molecule has 0 spiro atoms. The summed E-state index contributed by atoms with van der Waals surface area (Å²) in [5, 5.41) is 9.18. The Hall–Kier alpha value is -3.47. The first-order valence-corrected chi connectivity index (χ1v) is 10.9. The first-order valence-electron chi connectivity index (χ1n) is 10.5. The van der Waals surface area contributed by atoms with Crippen LogP contribution < -0.4 is 20.3 Å². The second kappa shape index (κ2) is 9.80. The molecule has 0 unspecified atom stereocenters. The van der Waals surface area contributed by atoms with Crippen LogP contribution >= 0.6 is 11.6 Å². The molecule has 0 radical (unpaired) electrons. The molecule has 1 saturated heterocycles. The van der Waals surface area contributed by atoms with Crippen molar-refractivity contribution in [2.45, 2.75) is 25.6 Å². The van der Waals surface area contributed by atoms with Crippen LogP contribution in [0, 0.1) is 0 Å². The van der Waals surface area contributed by atoms with Crippen molar-refractivity contribution in [3.63, 3.8) is 0 Å². The number of anilines is 2. The number of hydrogen-bond acceptors (Lipinski definition) is 5. The number of ether oxygens (including phenoxy) is 1. The summed E-state index contributed by atoms with van der Waals surface area (Å²) in [5.41, 5.74) is -0.218. The van der Waals surface area contributed by atoms with Crippen molar-refractivity contribution < 1.29 is 22.7 Å². The van der Waals surface area contributed by atoms with Crippen LogP contribution in [0.2, 0.25) is 5.02 Å². The number of carbonyl (C=O) groups excluding carboxylic acids is 1. The molecule has 8 nitrogen and oxygen atoms in total. The Labute approximate surface area is 198 Å². The average molecular weight is 495 g/mol. The van der Waals surface area contributed by atoms with Crippen molar-refractivity contribution in [1.29, 1.82) is 0 Å². The van der Waals surface area contributed by atoms with E-state index < -0.39 is 17.9 Å². The van der Waals surface area contributed by atoms with Crippen LogP contribution in [0.15, 0.2) is 42.6 Å². The van der Waals surface area contributed by atoms with Crippen LogP contribution in [0.4, 0.5) is 29.5 Å². The van der Waals surface area contributed by atoms with Crippen LogP contribution in [0.25, 0.3) is 5.69 Å². The van der Waals surface area contributed by atoms with Crippen molar-refractivity contribution in [2.75, 3.05) is 30.4 Å². The first kappa shape index (κ1) is 23.7. The zero-order valence-electron chi connectivity index (χ0n) is 18.2. The van der Waals surface area contributed by atoms with E-state index in [0.29, 0.717) is 28.0 Å². The van der Waals surface area contributed by atoms with Gasteiger partial charge in [0.25, 0.3) is 0 Å². The van der Waals surface area contributed by atoms with E-state index in [0.717, 1.165) is 36.7 Å². The third-order valence-corrected chi connectivity index (χ3v) is 5.51. The maximum absolute atomic E-state index is 13.3. The summed E-state index contributed by atoms with van der Waals surface area (Å²) in [4.78, 5) is 19.0. The molecule has 2 amide bonds. The third kappa shape index (κ3) is 5.36. The molecule has 1 aliphatic rings. The van der Waals surface area contributed by atoms with Gasteiger partial charge in [-0.25, -0.2) is 14.5 Å². The summed E-state index contributed by atoms with van der Waals surface area (Å²) in [6.07, 6.45) is -0.974. The second-order valence-corrected chi connectivity index (χ2v) is 8.10. The maximum atomic E-state index is 13.3. The zero-order valence-corrected chi connectivity index (χ0v) is 19.0. The highest BCUT2D eigenvalue weighted by molar-refractivity contribution is 6.30. The summed E-state index contributed by atoms with van der Waals surface area (Å²) < 4.78 is 46.3. The Bertz CT molecular complexity index is 1180. The fourth-order valence-electron chi connectivity index (χ4n) is 3.68. The third-order valence-electron chi connectivity index (χ3n) is 5.27. The van der Waals surface area contributed by atoms with Crippen LogP contribution in [-0.4, -0.2) is 41.0 Å². The fraction of sp³-hybridized carbons (Fsp3) is 0.318. The molecule has 12 heteroatoms. The summed E-state index contributed by atoms with van der Waals surface area (Å²) in [5.74, 6) is 1.23. The number of nitrogens with one attached hydrogen (secondary N) is 2. The largest absolute Gasteiger partial charge is 0.493 e. The Kier molecular flexibility index (Phi) is 6.82. The van der Waals surface area contributed by atoms with Gasteiger partial charge in [0.2, 0.25) is 0 Å². The van der Waals surface area contributed by atoms with E-state index >= 15 is 0 Å². The summed E-state index contributed by atoms with van der Waals surface area (Å²) in [6.45, 7) is 1.56. The Balaban J connectivity index is 1.48. The molecular weight excluding hydrogens is 473 g/mol. The minimum atomic E-state index is -4.64. The molecule has 1 aliphatic heterocycles. The van der Waals surface area contributed by atoms with Crippen molar-refractivity contribution in [2.24, 2.45) is 0 Å². The van der Waals surface area contributed by atoms with Gasteiger partial charge in [-0.2, -0.15) is 18.3 Å². The Morgan fingerprint density at radius 3 is 2.65 bits per heavy atom.